The first-order valence-electron chi connectivity index (χ1n) is 5.99. The van der Waals surface area contributed by atoms with Crippen molar-refractivity contribution in [1.82, 2.24) is 0 Å². The minimum Gasteiger partial charge on any atom is -0.384 e. The van der Waals surface area contributed by atoms with Gasteiger partial charge in [0, 0.05) is 4.47 Å². The maximum Gasteiger partial charge on any atom is 0.104 e. The Bertz CT molecular complexity index is 555. The van der Waals surface area contributed by atoms with Crippen LogP contribution in [0.25, 0.3) is 0 Å². The minimum absolute atomic E-state index is 0.568. The number of benzene rings is 2. The molecule has 2 aromatic carbocycles. The van der Waals surface area contributed by atoms with E-state index in [4.69, 9.17) is 0 Å². The van der Waals surface area contributed by atoms with Crippen LogP contribution in [0.2, 0.25) is 0 Å². The lowest BCUT2D eigenvalue weighted by molar-refractivity contribution is 0.219. The van der Waals surface area contributed by atoms with Crippen LogP contribution in [-0.4, -0.2) is 5.11 Å². The summed E-state index contributed by atoms with van der Waals surface area (Å²) >= 11 is 3.48. The van der Waals surface area contributed by atoms with Gasteiger partial charge in [-0.3, -0.25) is 0 Å². The second kappa shape index (κ2) is 5.25. The van der Waals surface area contributed by atoms with Gasteiger partial charge in [-0.1, -0.05) is 45.8 Å². The van der Waals surface area contributed by atoms with Gasteiger partial charge in [-0.2, -0.15) is 0 Å². The fraction of sp³-hybridized carbons (Fsp3) is 0.250. The number of aliphatic hydroxyl groups is 1. The monoisotopic (exact) mass is 304 g/mol. The summed E-state index contributed by atoms with van der Waals surface area (Å²) < 4.78 is 1.00. The number of aliphatic hydroxyl groups excluding tert-OH is 1. The lowest BCUT2D eigenvalue weighted by Gasteiger charge is -2.16. The molecular weight excluding hydrogens is 288 g/mol. The molecule has 1 nitrogen and oxygen atoms in total. The summed E-state index contributed by atoms with van der Waals surface area (Å²) in [7, 11) is 0. The van der Waals surface area contributed by atoms with Crippen LogP contribution in [0.3, 0.4) is 0 Å². The van der Waals surface area contributed by atoms with Crippen LogP contribution in [0.1, 0.15) is 33.9 Å². The van der Waals surface area contributed by atoms with E-state index in [1.54, 1.807) is 0 Å². The van der Waals surface area contributed by atoms with E-state index in [1.807, 2.05) is 39.0 Å². The van der Waals surface area contributed by atoms with Crippen molar-refractivity contribution in [2.75, 3.05) is 0 Å². The van der Waals surface area contributed by atoms with E-state index < -0.39 is 6.10 Å². The highest BCUT2D eigenvalue weighted by Gasteiger charge is 2.13. The van der Waals surface area contributed by atoms with Gasteiger partial charge in [0.1, 0.15) is 6.10 Å². The Hall–Kier alpha value is -1.12. The Morgan fingerprint density at radius 2 is 1.67 bits per heavy atom. The van der Waals surface area contributed by atoms with Crippen molar-refractivity contribution >= 4 is 15.9 Å². The molecule has 0 bridgehead atoms. The van der Waals surface area contributed by atoms with Crippen molar-refractivity contribution in [3.8, 4) is 0 Å². The van der Waals surface area contributed by atoms with Gasteiger partial charge >= 0.3 is 0 Å². The first-order valence-corrected chi connectivity index (χ1v) is 6.79. The maximum absolute atomic E-state index is 10.5. The van der Waals surface area contributed by atoms with Gasteiger partial charge in [-0.15, -0.1) is 0 Å². The zero-order valence-electron chi connectivity index (χ0n) is 10.9. The molecule has 0 heterocycles. The Morgan fingerprint density at radius 1 is 0.944 bits per heavy atom. The highest BCUT2D eigenvalue weighted by atomic mass is 79.9. The molecule has 1 atom stereocenters. The number of aryl methyl sites for hydroxylation is 3. The van der Waals surface area contributed by atoms with E-state index in [0.29, 0.717) is 0 Å². The molecule has 0 radical (unpaired) electrons. The third-order valence-electron chi connectivity index (χ3n) is 3.11. The quantitative estimate of drug-likeness (QED) is 0.868. The van der Waals surface area contributed by atoms with Crippen molar-refractivity contribution in [3.05, 3.63) is 68.7 Å². The zero-order chi connectivity index (χ0) is 13.3. The van der Waals surface area contributed by atoms with Crippen LogP contribution in [-0.2, 0) is 0 Å². The number of halogens is 1. The van der Waals surface area contributed by atoms with Gasteiger partial charge in [0.05, 0.1) is 0 Å². The second-order valence-electron chi connectivity index (χ2n) is 4.82. The van der Waals surface area contributed by atoms with E-state index in [0.717, 1.165) is 26.7 Å². The molecule has 2 rings (SSSR count). The van der Waals surface area contributed by atoms with Crippen LogP contribution in [0, 0.1) is 20.8 Å². The van der Waals surface area contributed by atoms with Crippen molar-refractivity contribution in [3.63, 3.8) is 0 Å². The average Bonchev–Trinajstić information content (AvgIpc) is 2.30. The zero-order valence-corrected chi connectivity index (χ0v) is 12.5. The minimum atomic E-state index is -0.568. The van der Waals surface area contributed by atoms with Crippen LogP contribution < -0.4 is 0 Å². The summed E-state index contributed by atoms with van der Waals surface area (Å²) in [6.07, 6.45) is -0.568. The molecule has 0 aromatic heterocycles. The first kappa shape index (κ1) is 13.3. The predicted molar refractivity (Wildman–Crippen MR) is 78.9 cm³/mol. The molecule has 1 unspecified atom stereocenters. The topological polar surface area (TPSA) is 20.2 Å². The molecule has 0 aliphatic carbocycles. The number of hydrogen-bond acceptors (Lipinski definition) is 1. The van der Waals surface area contributed by atoms with Crippen molar-refractivity contribution < 1.29 is 5.11 Å². The van der Waals surface area contributed by atoms with Gasteiger partial charge in [-0.05, 0) is 55.2 Å². The molecule has 0 aliphatic heterocycles. The summed E-state index contributed by atoms with van der Waals surface area (Å²) in [5.41, 5.74) is 5.33. The third-order valence-corrected chi connectivity index (χ3v) is 3.57. The Labute approximate surface area is 117 Å². The molecule has 18 heavy (non-hydrogen) atoms. The van der Waals surface area contributed by atoms with Crippen molar-refractivity contribution in [1.29, 1.82) is 0 Å². The summed E-state index contributed by atoms with van der Waals surface area (Å²) in [5, 5.41) is 10.5. The Balaban J connectivity index is 2.47. The fourth-order valence-electron chi connectivity index (χ4n) is 2.16. The van der Waals surface area contributed by atoms with E-state index in [1.165, 1.54) is 5.56 Å². The SMILES string of the molecule is Cc1cc(Br)cc(C(O)c2cc(C)ccc2C)c1. The molecule has 2 aromatic rings. The van der Waals surface area contributed by atoms with Crippen molar-refractivity contribution in [2.24, 2.45) is 0 Å². The molecule has 0 aliphatic rings. The maximum atomic E-state index is 10.5. The molecule has 0 spiro atoms. The first-order chi connectivity index (χ1) is 8.47. The van der Waals surface area contributed by atoms with Crippen LogP contribution >= 0.6 is 15.9 Å². The lowest BCUT2D eigenvalue weighted by atomic mass is 9.95. The number of hydrogen-bond donors (Lipinski definition) is 1. The van der Waals surface area contributed by atoms with Gasteiger partial charge in [0.2, 0.25) is 0 Å². The average molecular weight is 305 g/mol. The highest BCUT2D eigenvalue weighted by molar-refractivity contribution is 9.10. The fourth-order valence-corrected chi connectivity index (χ4v) is 2.78. The van der Waals surface area contributed by atoms with Crippen LogP contribution in [0.5, 0.6) is 0 Å². The molecule has 1 N–H and O–H groups in total. The van der Waals surface area contributed by atoms with E-state index in [9.17, 15) is 5.11 Å². The third kappa shape index (κ3) is 2.82. The van der Waals surface area contributed by atoms with Gasteiger partial charge < -0.3 is 5.11 Å². The molecule has 0 amide bonds. The summed E-state index contributed by atoms with van der Waals surface area (Å²) in [4.78, 5) is 0. The summed E-state index contributed by atoms with van der Waals surface area (Å²) in [5.74, 6) is 0. The molecular formula is C16H17BrO. The van der Waals surface area contributed by atoms with E-state index in [2.05, 4.69) is 34.1 Å². The highest BCUT2D eigenvalue weighted by Crippen LogP contribution is 2.28. The molecule has 0 saturated carbocycles. The lowest BCUT2D eigenvalue weighted by Crippen LogP contribution is -2.03. The molecule has 2 heteroatoms. The second-order valence-corrected chi connectivity index (χ2v) is 5.74. The van der Waals surface area contributed by atoms with E-state index >= 15 is 0 Å². The Kier molecular flexibility index (Phi) is 3.88. The summed E-state index contributed by atoms with van der Waals surface area (Å²) in [6, 6.07) is 12.2. The largest absolute Gasteiger partial charge is 0.384 e. The smallest absolute Gasteiger partial charge is 0.104 e. The summed E-state index contributed by atoms with van der Waals surface area (Å²) in [6.45, 7) is 6.11. The van der Waals surface area contributed by atoms with Crippen LogP contribution in [0.4, 0.5) is 0 Å². The van der Waals surface area contributed by atoms with Gasteiger partial charge in [0.15, 0.2) is 0 Å². The van der Waals surface area contributed by atoms with Gasteiger partial charge in [-0.25, -0.2) is 0 Å². The van der Waals surface area contributed by atoms with E-state index in [-0.39, 0.29) is 0 Å². The molecule has 0 fully saturated rings. The van der Waals surface area contributed by atoms with Crippen molar-refractivity contribution in [2.45, 2.75) is 26.9 Å². The molecule has 0 saturated heterocycles. The van der Waals surface area contributed by atoms with Gasteiger partial charge in [0.25, 0.3) is 0 Å². The molecule has 94 valence electrons. The van der Waals surface area contributed by atoms with Crippen LogP contribution in [0.15, 0.2) is 40.9 Å². The Morgan fingerprint density at radius 3 is 2.33 bits per heavy atom. The normalized spacial score (nSPS) is 12.5. The standard InChI is InChI=1S/C16H17BrO/c1-10-4-5-12(3)15(8-10)16(18)13-6-11(2)7-14(17)9-13/h4-9,16,18H,1-3H3. The number of rotatable bonds is 2. The predicted octanol–water partition coefficient (Wildman–Crippen LogP) is 4.46.